The zero-order chi connectivity index (χ0) is 26.8. The molecule has 1 N–H and O–H groups in total. The highest BCUT2D eigenvalue weighted by Crippen LogP contribution is 2.42. The van der Waals surface area contributed by atoms with Gasteiger partial charge in [0.2, 0.25) is 0 Å². The zero-order valence-electron chi connectivity index (χ0n) is 21.9. The van der Waals surface area contributed by atoms with Crippen molar-refractivity contribution in [1.29, 1.82) is 0 Å². The van der Waals surface area contributed by atoms with Crippen LogP contribution in [-0.2, 0) is 15.5 Å². The number of aryl methyl sites for hydroxylation is 1. The van der Waals surface area contributed by atoms with Gasteiger partial charge in [-0.1, -0.05) is 91.2 Å². The van der Waals surface area contributed by atoms with Crippen LogP contribution in [0, 0.1) is 18.8 Å². The third kappa shape index (κ3) is 5.98. The first-order valence-electron chi connectivity index (χ1n) is 13.8. The number of nitrogens with one attached hydrogen (secondary N) is 1. The van der Waals surface area contributed by atoms with E-state index in [1.54, 1.807) is 12.1 Å². The third-order valence-electron chi connectivity index (χ3n) is 8.38. The van der Waals surface area contributed by atoms with Crippen molar-refractivity contribution < 1.29 is 18.3 Å². The molecule has 0 amide bonds. The standard InChI is InChI=1S/C32H37F2NO2S/c1-22-6-8-23(9-7-22)24-10-13-27(14-11-24)32(33,34)30(20-36)35-21-31(37-28-4-2-3-5-28)17-16-25-18-29(38)15-12-26(25)19-31/h6-17,20,25-26,28-30,35,38H,2-5,18-19,21H2,1H3/t25?,26?,29?,30-,31+/m1/s1. The van der Waals surface area contributed by atoms with Crippen molar-refractivity contribution in [2.45, 2.75) is 74.4 Å². The molecule has 1 fully saturated rings. The smallest absolute Gasteiger partial charge is 0.294 e. The Morgan fingerprint density at radius 3 is 2.34 bits per heavy atom. The van der Waals surface area contributed by atoms with Gasteiger partial charge in [0.25, 0.3) is 5.92 Å². The molecule has 202 valence electrons. The number of hydrogen-bond acceptors (Lipinski definition) is 4. The number of aldehydes is 1. The predicted octanol–water partition coefficient (Wildman–Crippen LogP) is 7.06. The van der Waals surface area contributed by atoms with Crippen molar-refractivity contribution in [3.8, 4) is 11.1 Å². The van der Waals surface area contributed by atoms with Crippen LogP contribution in [-0.4, -0.2) is 35.8 Å². The lowest BCUT2D eigenvalue weighted by atomic mass is 9.72. The highest BCUT2D eigenvalue weighted by atomic mass is 32.1. The molecule has 3 nitrogen and oxygen atoms in total. The van der Waals surface area contributed by atoms with E-state index in [2.05, 4.69) is 42.2 Å². The van der Waals surface area contributed by atoms with Crippen LogP contribution >= 0.6 is 12.6 Å². The van der Waals surface area contributed by atoms with Crippen LogP contribution in [0.15, 0.2) is 72.8 Å². The van der Waals surface area contributed by atoms with Gasteiger partial charge in [0, 0.05) is 17.4 Å². The van der Waals surface area contributed by atoms with E-state index in [9.17, 15) is 4.79 Å². The molecule has 0 radical (unpaired) electrons. The summed E-state index contributed by atoms with van der Waals surface area (Å²) in [6.07, 6.45) is 14.9. The fraction of sp³-hybridized carbons (Fsp3) is 0.469. The number of rotatable bonds is 9. The lowest BCUT2D eigenvalue weighted by molar-refractivity contribution is -0.123. The molecule has 6 heteroatoms. The number of ether oxygens (including phenoxy) is 1. The first-order chi connectivity index (χ1) is 18.3. The van der Waals surface area contributed by atoms with Crippen LogP contribution < -0.4 is 5.32 Å². The Bertz CT molecular complexity index is 1160. The minimum absolute atomic E-state index is 0.118. The zero-order valence-corrected chi connectivity index (χ0v) is 22.8. The summed E-state index contributed by atoms with van der Waals surface area (Å²) in [5, 5.41) is 3.15. The normalized spacial score (nSPS) is 28.3. The van der Waals surface area contributed by atoms with Gasteiger partial charge in [-0.05, 0) is 55.6 Å². The lowest BCUT2D eigenvalue weighted by Gasteiger charge is -2.43. The molecule has 0 saturated heterocycles. The van der Waals surface area contributed by atoms with Crippen molar-refractivity contribution in [3.63, 3.8) is 0 Å². The number of benzene rings is 2. The van der Waals surface area contributed by atoms with Gasteiger partial charge in [0.05, 0.1) is 11.7 Å². The molecule has 0 bridgehead atoms. The maximum atomic E-state index is 15.6. The van der Waals surface area contributed by atoms with E-state index in [-0.39, 0.29) is 29.4 Å². The summed E-state index contributed by atoms with van der Waals surface area (Å²) < 4.78 is 37.9. The Kier molecular flexibility index (Phi) is 8.22. The van der Waals surface area contributed by atoms with E-state index in [0.717, 1.165) is 48.8 Å². The Morgan fingerprint density at radius 2 is 1.68 bits per heavy atom. The molecule has 3 aliphatic carbocycles. The monoisotopic (exact) mass is 537 g/mol. The second kappa shape index (κ2) is 11.4. The summed E-state index contributed by atoms with van der Waals surface area (Å²) in [5.74, 6) is -2.72. The van der Waals surface area contributed by atoms with Gasteiger partial charge >= 0.3 is 0 Å². The molecule has 2 aromatic carbocycles. The maximum Gasteiger partial charge on any atom is 0.294 e. The number of thiol groups is 1. The molecule has 0 heterocycles. The molecule has 38 heavy (non-hydrogen) atoms. The molecule has 3 unspecified atom stereocenters. The highest BCUT2D eigenvalue weighted by Gasteiger charge is 2.45. The van der Waals surface area contributed by atoms with Crippen molar-refractivity contribution in [3.05, 3.63) is 84.0 Å². The fourth-order valence-electron chi connectivity index (χ4n) is 6.11. The largest absolute Gasteiger partial charge is 0.366 e. The van der Waals surface area contributed by atoms with Crippen LogP contribution in [0.25, 0.3) is 11.1 Å². The van der Waals surface area contributed by atoms with E-state index < -0.39 is 17.6 Å². The molecule has 2 aromatic rings. The van der Waals surface area contributed by atoms with Crippen LogP contribution in [0.5, 0.6) is 0 Å². The Balaban J connectivity index is 1.32. The van der Waals surface area contributed by atoms with E-state index >= 15 is 8.78 Å². The topological polar surface area (TPSA) is 38.3 Å². The number of halogens is 2. The molecule has 0 aromatic heterocycles. The number of fused-ring (bicyclic) bond motifs is 1. The van der Waals surface area contributed by atoms with Gasteiger partial charge in [-0.15, -0.1) is 0 Å². The number of alkyl halides is 2. The van der Waals surface area contributed by atoms with Crippen molar-refractivity contribution in [1.82, 2.24) is 5.32 Å². The second-order valence-corrected chi connectivity index (χ2v) is 11.9. The summed E-state index contributed by atoms with van der Waals surface area (Å²) in [6, 6.07) is 12.5. The van der Waals surface area contributed by atoms with Crippen LogP contribution in [0.2, 0.25) is 0 Å². The van der Waals surface area contributed by atoms with Crippen molar-refractivity contribution in [2.75, 3.05) is 6.54 Å². The second-order valence-electron chi connectivity index (χ2n) is 11.2. The van der Waals surface area contributed by atoms with Gasteiger partial charge in [0.1, 0.15) is 12.3 Å². The Hall–Kier alpha value is -2.28. The number of allylic oxidation sites excluding steroid dienone is 2. The van der Waals surface area contributed by atoms with Gasteiger partial charge in [0.15, 0.2) is 0 Å². The summed E-state index contributed by atoms with van der Waals surface area (Å²) in [7, 11) is 0. The lowest BCUT2D eigenvalue weighted by Crippen LogP contribution is -2.54. The quantitative estimate of drug-likeness (QED) is 0.204. The van der Waals surface area contributed by atoms with E-state index in [4.69, 9.17) is 4.74 Å². The van der Waals surface area contributed by atoms with Gasteiger partial charge in [-0.25, -0.2) is 0 Å². The number of carbonyl (C=O) groups is 1. The molecule has 3 aliphatic rings. The molecule has 5 rings (SSSR count). The Morgan fingerprint density at radius 1 is 1.03 bits per heavy atom. The summed E-state index contributed by atoms with van der Waals surface area (Å²) in [4.78, 5) is 12.0. The third-order valence-corrected chi connectivity index (χ3v) is 8.76. The van der Waals surface area contributed by atoms with Gasteiger partial charge in [-0.2, -0.15) is 21.4 Å². The molecule has 5 atom stereocenters. The minimum atomic E-state index is -3.37. The maximum absolute atomic E-state index is 15.6. The number of hydrogen-bond donors (Lipinski definition) is 2. The minimum Gasteiger partial charge on any atom is -0.366 e. The van der Waals surface area contributed by atoms with Crippen LogP contribution in [0.4, 0.5) is 8.78 Å². The first-order valence-corrected chi connectivity index (χ1v) is 14.3. The van der Waals surface area contributed by atoms with Gasteiger partial charge < -0.3 is 9.53 Å². The van der Waals surface area contributed by atoms with Crippen molar-refractivity contribution >= 4 is 18.9 Å². The predicted molar refractivity (Wildman–Crippen MR) is 152 cm³/mol. The molecule has 0 aliphatic heterocycles. The number of carbonyl (C=O) groups excluding carboxylic acids is 1. The average molecular weight is 538 g/mol. The first kappa shape index (κ1) is 27.3. The molecular formula is C32H37F2NO2S. The SMILES string of the molecule is Cc1ccc(-c2ccc(C(F)(F)[C@@H](C=O)NC[C@]3(OC4CCCC4)C=CC4CC(S)C=CC4C3)cc2)cc1. The molecular weight excluding hydrogens is 500 g/mol. The summed E-state index contributed by atoms with van der Waals surface area (Å²) in [6.45, 7) is 2.16. The van der Waals surface area contributed by atoms with Crippen LogP contribution in [0.3, 0.4) is 0 Å². The van der Waals surface area contributed by atoms with E-state index in [1.807, 2.05) is 31.2 Å². The van der Waals surface area contributed by atoms with Crippen LogP contribution in [0.1, 0.15) is 49.7 Å². The summed E-state index contributed by atoms with van der Waals surface area (Å²) in [5.41, 5.74) is 2.05. The Labute approximate surface area is 230 Å². The van der Waals surface area contributed by atoms with Crippen molar-refractivity contribution in [2.24, 2.45) is 11.8 Å². The molecule has 1 saturated carbocycles. The molecule has 0 spiro atoms. The fourth-order valence-corrected chi connectivity index (χ4v) is 6.45. The van der Waals surface area contributed by atoms with Gasteiger partial charge in [-0.3, -0.25) is 5.32 Å². The van der Waals surface area contributed by atoms with E-state index in [0.29, 0.717) is 18.6 Å². The average Bonchev–Trinajstić information content (AvgIpc) is 3.42. The van der Waals surface area contributed by atoms with E-state index in [1.165, 1.54) is 12.1 Å². The highest BCUT2D eigenvalue weighted by molar-refractivity contribution is 7.81. The summed E-state index contributed by atoms with van der Waals surface area (Å²) >= 11 is 4.61.